The Morgan fingerprint density at radius 1 is 1.50 bits per heavy atom. The molecule has 1 aromatic carbocycles. The minimum atomic E-state index is -0.529. The minimum Gasteiger partial charge on any atom is -0.372 e. The molecule has 2 nitrogen and oxygen atoms in total. The standard InChI is InChI=1S/C11H16FNO/c1-8-6-9(4-5-10(8)12)11(2,7-13)14-3/h4-6H,7,13H2,1-3H3. The van der Waals surface area contributed by atoms with Crippen LogP contribution in [0, 0.1) is 12.7 Å². The lowest BCUT2D eigenvalue weighted by molar-refractivity contribution is 0.00998. The molecule has 78 valence electrons. The molecule has 0 aromatic heterocycles. The summed E-state index contributed by atoms with van der Waals surface area (Å²) in [5.41, 5.74) is 6.60. The summed E-state index contributed by atoms with van der Waals surface area (Å²) < 4.78 is 18.3. The summed E-state index contributed by atoms with van der Waals surface area (Å²) in [6.07, 6.45) is 0. The van der Waals surface area contributed by atoms with Gasteiger partial charge < -0.3 is 10.5 Å². The average molecular weight is 197 g/mol. The van der Waals surface area contributed by atoms with Crippen LogP contribution in [0.3, 0.4) is 0 Å². The topological polar surface area (TPSA) is 35.2 Å². The van der Waals surface area contributed by atoms with E-state index in [1.165, 1.54) is 6.07 Å². The molecule has 1 rings (SSSR count). The molecule has 14 heavy (non-hydrogen) atoms. The zero-order valence-electron chi connectivity index (χ0n) is 8.80. The first-order valence-corrected chi connectivity index (χ1v) is 4.55. The Balaban J connectivity index is 3.12. The van der Waals surface area contributed by atoms with Crippen molar-refractivity contribution >= 4 is 0 Å². The number of hydrogen-bond donors (Lipinski definition) is 1. The lowest BCUT2D eigenvalue weighted by atomic mass is 9.94. The Hall–Kier alpha value is -0.930. The van der Waals surface area contributed by atoms with Crippen LogP contribution < -0.4 is 5.73 Å². The molecule has 0 saturated heterocycles. The highest BCUT2D eigenvalue weighted by molar-refractivity contribution is 5.28. The van der Waals surface area contributed by atoms with E-state index in [1.54, 1.807) is 26.2 Å². The van der Waals surface area contributed by atoms with Crippen molar-refractivity contribution < 1.29 is 9.13 Å². The van der Waals surface area contributed by atoms with E-state index in [1.807, 2.05) is 6.92 Å². The number of ether oxygens (including phenoxy) is 1. The van der Waals surface area contributed by atoms with Gasteiger partial charge in [-0.1, -0.05) is 12.1 Å². The number of nitrogens with two attached hydrogens (primary N) is 1. The van der Waals surface area contributed by atoms with Crippen molar-refractivity contribution in [2.45, 2.75) is 19.4 Å². The summed E-state index contributed by atoms with van der Waals surface area (Å²) in [6.45, 7) is 3.99. The maximum absolute atomic E-state index is 13.0. The molecule has 3 heteroatoms. The number of halogens is 1. The monoisotopic (exact) mass is 197 g/mol. The fraction of sp³-hybridized carbons (Fsp3) is 0.455. The van der Waals surface area contributed by atoms with Gasteiger partial charge in [-0.2, -0.15) is 0 Å². The maximum atomic E-state index is 13.0. The zero-order valence-corrected chi connectivity index (χ0v) is 8.80. The van der Waals surface area contributed by atoms with Gasteiger partial charge >= 0.3 is 0 Å². The maximum Gasteiger partial charge on any atom is 0.126 e. The number of aryl methyl sites for hydroxylation is 1. The van der Waals surface area contributed by atoms with Crippen LogP contribution in [0.2, 0.25) is 0 Å². The van der Waals surface area contributed by atoms with E-state index >= 15 is 0 Å². The number of rotatable bonds is 3. The van der Waals surface area contributed by atoms with Gasteiger partial charge in [0.1, 0.15) is 11.4 Å². The molecule has 0 aliphatic rings. The van der Waals surface area contributed by atoms with Gasteiger partial charge in [0, 0.05) is 13.7 Å². The largest absolute Gasteiger partial charge is 0.372 e. The molecule has 1 aromatic rings. The third kappa shape index (κ3) is 1.94. The highest BCUT2D eigenvalue weighted by Crippen LogP contribution is 2.24. The summed E-state index contributed by atoms with van der Waals surface area (Å²) in [5.74, 6) is -0.204. The van der Waals surface area contributed by atoms with Gasteiger partial charge in [0.2, 0.25) is 0 Å². The molecule has 2 N–H and O–H groups in total. The highest BCUT2D eigenvalue weighted by atomic mass is 19.1. The molecular weight excluding hydrogens is 181 g/mol. The van der Waals surface area contributed by atoms with Crippen molar-refractivity contribution in [3.05, 3.63) is 35.1 Å². The molecule has 0 aliphatic carbocycles. The fourth-order valence-corrected chi connectivity index (χ4v) is 1.29. The summed E-state index contributed by atoms with van der Waals surface area (Å²) in [5, 5.41) is 0. The van der Waals surface area contributed by atoms with Crippen LogP contribution in [0.15, 0.2) is 18.2 Å². The van der Waals surface area contributed by atoms with Crippen molar-refractivity contribution in [1.82, 2.24) is 0 Å². The van der Waals surface area contributed by atoms with Crippen LogP contribution >= 0.6 is 0 Å². The zero-order chi connectivity index (χ0) is 10.8. The smallest absolute Gasteiger partial charge is 0.126 e. The van der Waals surface area contributed by atoms with Crippen molar-refractivity contribution in [3.63, 3.8) is 0 Å². The summed E-state index contributed by atoms with van der Waals surface area (Å²) in [7, 11) is 1.60. The number of hydrogen-bond acceptors (Lipinski definition) is 2. The minimum absolute atomic E-state index is 0.204. The Morgan fingerprint density at radius 2 is 2.14 bits per heavy atom. The summed E-state index contributed by atoms with van der Waals surface area (Å²) in [6, 6.07) is 4.92. The van der Waals surface area contributed by atoms with E-state index in [9.17, 15) is 4.39 Å². The first-order chi connectivity index (χ1) is 6.53. The van der Waals surface area contributed by atoms with Crippen LogP contribution in [0.25, 0.3) is 0 Å². The first kappa shape index (κ1) is 11.1. The molecule has 0 bridgehead atoms. The lowest BCUT2D eigenvalue weighted by Crippen LogP contribution is -2.33. The van der Waals surface area contributed by atoms with E-state index in [4.69, 9.17) is 10.5 Å². The average Bonchev–Trinajstić information content (AvgIpc) is 2.21. The highest BCUT2D eigenvalue weighted by Gasteiger charge is 2.24. The summed E-state index contributed by atoms with van der Waals surface area (Å²) in [4.78, 5) is 0. The first-order valence-electron chi connectivity index (χ1n) is 4.55. The van der Waals surface area contributed by atoms with E-state index in [0.29, 0.717) is 12.1 Å². The van der Waals surface area contributed by atoms with Gasteiger partial charge in [0.25, 0.3) is 0 Å². The van der Waals surface area contributed by atoms with Gasteiger partial charge in [-0.05, 0) is 31.0 Å². The molecular formula is C11H16FNO. The predicted molar refractivity (Wildman–Crippen MR) is 54.6 cm³/mol. The number of benzene rings is 1. The van der Waals surface area contributed by atoms with Gasteiger partial charge in [-0.3, -0.25) is 0 Å². The Bertz CT molecular complexity index is 321. The Morgan fingerprint density at radius 3 is 2.57 bits per heavy atom. The molecule has 1 atom stereocenters. The molecule has 0 aliphatic heterocycles. The predicted octanol–water partition coefficient (Wildman–Crippen LogP) is 1.95. The molecule has 1 unspecified atom stereocenters. The van der Waals surface area contributed by atoms with Crippen LogP contribution in [-0.4, -0.2) is 13.7 Å². The molecule has 0 fully saturated rings. The van der Waals surface area contributed by atoms with Gasteiger partial charge in [0.15, 0.2) is 0 Å². The van der Waals surface area contributed by atoms with Crippen molar-refractivity contribution in [3.8, 4) is 0 Å². The van der Waals surface area contributed by atoms with Crippen LogP contribution in [0.5, 0.6) is 0 Å². The Kier molecular flexibility index (Phi) is 3.24. The van der Waals surface area contributed by atoms with Gasteiger partial charge in [-0.15, -0.1) is 0 Å². The number of methoxy groups -OCH3 is 1. The Labute approximate surface area is 83.9 Å². The van der Waals surface area contributed by atoms with Crippen molar-refractivity contribution in [1.29, 1.82) is 0 Å². The second-order valence-electron chi connectivity index (χ2n) is 3.60. The van der Waals surface area contributed by atoms with E-state index < -0.39 is 5.60 Å². The molecule has 0 heterocycles. The van der Waals surface area contributed by atoms with Gasteiger partial charge in [0.05, 0.1) is 0 Å². The van der Waals surface area contributed by atoms with Crippen molar-refractivity contribution in [2.24, 2.45) is 5.73 Å². The van der Waals surface area contributed by atoms with E-state index in [2.05, 4.69) is 0 Å². The second kappa shape index (κ2) is 4.07. The molecule has 0 amide bonds. The van der Waals surface area contributed by atoms with Crippen LogP contribution in [-0.2, 0) is 10.3 Å². The van der Waals surface area contributed by atoms with Crippen molar-refractivity contribution in [2.75, 3.05) is 13.7 Å². The SMILES string of the molecule is COC(C)(CN)c1ccc(F)c(C)c1. The quantitative estimate of drug-likeness (QED) is 0.803. The molecule has 0 saturated carbocycles. The summed E-state index contributed by atoms with van der Waals surface area (Å²) >= 11 is 0. The second-order valence-corrected chi connectivity index (χ2v) is 3.60. The molecule has 0 spiro atoms. The third-order valence-electron chi connectivity index (χ3n) is 2.61. The third-order valence-corrected chi connectivity index (χ3v) is 2.61. The van der Waals surface area contributed by atoms with E-state index in [-0.39, 0.29) is 5.82 Å². The fourth-order valence-electron chi connectivity index (χ4n) is 1.29. The van der Waals surface area contributed by atoms with E-state index in [0.717, 1.165) is 5.56 Å². The van der Waals surface area contributed by atoms with Gasteiger partial charge in [-0.25, -0.2) is 4.39 Å². The van der Waals surface area contributed by atoms with Crippen LogP contribution in [0.4, 0.5) is 4.39 Å². The molecule has 0 radical (unpaired) electrons. The van der Waals surface area contributed by atoms with Crippen LogP contribution in [0.1, 0.15) is 18.1 Å². The normalized spacial score (nSPS) is 15.2. The lowest BCUT2D eigenvalue weighted by Gasteiger charge is -2.27.